The number of rotatable bonds is 6. The fraction of sp³-hybridized carbons (Fsp3) is 0.294. The van der Waals surface area contributed by atoms with Crippen molar-refractivity contribution in [2.75, 3.05) is 6.54 Å². The van der Waals surface area contributed by atoms with Crippen molar-refractivity contribution in [3.05, 3.63) is 58.5 Å². The van der Waals surface area contributed by atoms with Crippen molar-refractivity contribution in [1.29, 1.82) is 0 Å². The SMILES string of the molecule is CCNC(CCc1ccsc1)c1cccc2nccnc12. The number of thiophene rings is 1. The molecule has 1 N–H and O–H groups in total. The summed E-state index contributed by atoms with van der Waals surface area (Å²) in [6, 6.07) is 8.78. The van der Waals surface area contributed by atoms with Crippen LogP contribution in [0.1, 0.15) is 30.5 Å². The molecular weight excluding hydrogens is 278 g/mol. The van der Waals surface area contributed by atoms with Crippen LogP contribution in [0.2, 0.25) is 0 Å². The zero-order valence-electron chi connectivity index (χ0n) is 12.1. The van der Waals surface area contributed by atoms with Gasteiger partial charge in [-0.25, -0.2) is 0 Å². The quantitative estimate of drug-likeness (QED) is 0.748. The minimum atomic E-state index is 0.315. The number of hydrogen-bond donors (Lipinski definition) is 1. The lowest BCUT2D eigenvalue weighted by molar-refractivity contribution is 0.518. The Labute approximate surface area is 129 Å². The third kappa shape index (κ3) is 3.28. The van der Waals surface area contributed by atoms with Crippen LogP contribution in [0.5, 0.6) is 0 Å². The topological polar surface area (TPSA) is 37.8 Å². The van der Waals surface area contributed by atoms with Crippen LogP contribution in [0, 0.1) is 0 Å². The summed E-state index contributed by atoms with van der Waals surface area (Å²) in [5, 5.41) is 7.96. The van der Waals surface area contributed by atoms with Gasteiger partial charge < -0.3 is 5.32 Å². The number of nitrogens with one attached hydrogen (secondary N) is 1. The van der Waals surface area contributed by atoms with Crippen LogP contribution in [-0.2, 0) is 6.42 Å². The lowest BCUT2D eigenvalue weighted by atomic mass is 9.98. The fourth-order valence-corrected chi connectivity index (χ4v) is 3.36. The molecule has 2 aromatic heterocycles. The number of para-hydroxylation sites is 1. The molecule has 0 amide bonds. The van der Waals surface area contributed by atoms with Gasteiger partial charge in [-0.15, -0.1) is 0 Å². The lowest BCUT2D eigenvalue weighted by Crippen LogP contribution is -2.22. The number of benzene rings is 1. The van der Waals surface area contributed by atoms with Crippen LogP contribution in [-0.4, -0.2) is 16.5 Å². The Hall–Kier alpha value is -1.78. The molecule has 0 radical (unpaired) electrons. The minimum Gasteiger partial charge on any atom is -0.310 e. The minimum absolute atomic E-state index is 0.315. The van der Waals surface area contributed by atoms with Crippen molar-refractivity contribution in [3.63, 3.8) is 0 Å². The van der Waals surface area contributed by atoms with Crippen molar-refractivity contribution < 1.29 is 0 Å². The Balaban J connectivity index is 1.88. The summed E-state index contributed by atoms with van der Waals surface area (Å²) in [5.41, 5.74) is 4.64. The summed E-state index contributed by atoms with van der Waals surface area (Å²) in [6.45, 7) is 3.10. The average Bonchev–Trinajstić information content (AvgIpc) is 3.04. The van der Waals surface area contributed by atoms with Gasteiger partial charge in [0.1, 0.15) is 0 Å². The standard InChI is InChI=1S/C17H19N3S/c1-2-18-15(7-6-13-8-11-21-12-13)14-4-3-5-16-17(14)20-10-9-19-16/h3-5,8-12,15,18H,2,6-7H2,1H3. The molecule has 0 saturated heterocycles. The summed E-state index contributed by atoms with van der Waals surface area (Å²) in [5.74, 6) is 0. The molecule has 1 aromatic carbocycles. The van der Waals surface area contributed by atoms with E-state index in [0.29, 0.717) is 6.04 Å². The Kier molecular flexibility index (Phi) is 4.58. The van der Waals surface area contributed by atoms with Crippen LogP contribution >= 0.6 is 11.3 Å². The van der Waals surface area contributed by atoms with Crippen molar-refractivity contribution in [2.45, 2.75) is 25.8 Å². The molecule has 3 rings (SSSR count). The lowest BCUT2D eigenvalue weighted by Gasteiger charge is -2.19. The zero-order chi connectivity index (χ0) is 14.5. The van der Waals surface area contributed by atoms with E-state index in [1.807, 2.05) is 6.07 Å². The predicted octanol–water partition coefficient (Wildman–Crippen LogP) is 3.97. The van der Waals surface area contributed by atoms with Crippen molar-refractivity contribution >= 4 is 22.4 Å². The first-order chi connectivity index (χ1) is 10.4. The second-order valence-electron chi connectivity index (χ2n) is 5.05. The Morgan fingerprint density at radius 1 is 1.19 bits per heavy atom. The molecule has 21 heavy (non-hydrogen) atoms. The predicted molar refractivity (Wildman–Crippen MR) is 88.6 cm³/mol. The largest absolute Gasteiger partial charge is 0.310 e. The van der Waals surface area contributed by atoms with E-state index in [0.717, 1.165) is 30.4 Å². The van der Waals surface area contributed by atoms with E-state index in [1.165, 1.54) is 11.1 Å². The second-order valence-corrected chi connectivity index (χ2v) is 5.83. The molecule has 4 heteroatoms. The van der Waals surface area contributed by atoms with Gasteiger partial charge >= 0.3 is 0 Å². The fourth-order valence-electron chi connectivity index (χ4n) is 2.66. The normalized spacial score (nSPS) is 12.6. The van der Waals surface area contributed by atoms with Gasteiger partial charge in [0.05, 0.1) is 11.0 Å². The molecule has 1 unspecified atom stereocenters. The van der Waals surface area contributed by atoms with Gasteiger partial charge in [0.15, 0.2) is 0 Å². The van der Waals surface area contributed by atoms with Gasteiger partial charge in [-0.3, -0.25) is 9.97 Å². The zero-order valence-corrected chi connectivity index (χ0v) is 12.9. The van der Waals surface area contributed by atoms with Crippen molar-refractivity contribution in [3.8, 4) is 0 Å². The molecule has 1 atom stereocenters. The molecular formula is C17H19N3S. The van der Waals surface area contributed by atoms with E-state index in [-0.39, 0.29) is 0 Å². The number of aromatic nitrogens is 2. The average molecular weight is 297 g/mol. The van der Waals surface area contributed by atoms with Crippen molar-refractivity contribution in [2.24, 2.45) is 0 Å². The van der Waals surface area contributed by atoms with Gasteiger partial charge in [0.2, 0.25) is 0 Å². The molecule has 0 fully saturated rings. The van der Waals surface area contributed by atoms with E-state index < -0.39 is 0 Å². The van der Waals surface area contributed by atoms with Crippen LogP contribution in [0.15, 0.2) is 47.4 Å². The molecule has 0 saturated carbocycles. The van der Waals surface area contributed by atoms with Gasteiger partial charge in [-0.05, 0) is 53.4 Å². The number of nitrogens with zero attached hydrogens (tertiary/aromatic N) is 2. The Morgan fingerprint density at radius 3 is 2.90 bits per heavy atom. The maximum absolute atomic E-state index is 4.53. The van der Waals surface area contributed by atoms with Crippen LogP contribution in [0.4, 0.5) is 0 Å². The molecule has 2 heterocycles. The first-order valence-electron chi connectivity index (χ1n) is 7.32. The highest BCUT2D eigenvalue weighted by molar-refractivity contribution is 7.07. The van der Waals surface area contributed by atoms with Gasteiger partial charge in [0, 0.05) is 18.4 Å². The molecule has 0 spiro atoms. The molecule has 0 aliphatic carbocycles. The van der Waals surface area contributed by atoms with Crippen LogP contribution < -0.4 is 5.32 Å². The summed E-state index contributed by atoms with van der Waals surface area (Å²) >= 11 is 1.76. The molecule has 0 bridgehead atoms. The van der Waals surface area contributed by atoms with E-state index in [2.05, 4.69) is 51.2 Å². The Bertz CT molecular complexity index is 689. The number of fused-ring (bicyclic) bond motifs is 1. The maximum Gasteiger partial charge on any atom is 0.0934 e. The molecule has 108 valence electrons. The number of hydrogen-bond acceptors (Lipinski definition) is 4. The van der Waals surface area contributed by atoms with E-state index in [1.54, 1.807) is 23.7 Å². The van der Waals surface area contributed by atoms with Crippen LogP contribution in [0.25, 0.3) is 11.0 Å². The summed E-state index contributed by atoms with van der Waals surface area (Å²) in [7, 11) is 0. The van der Waals surface area contributed by atoms with Gasteiger partial charge in [0.25, 0.3) is 0 Å². The van der Waals surface area contributed by atoms with Crippen molar-refractivity contribution in [1.82, 2.24) is 15.3 Å². The van der Waals surface area contributed by atoms with E-state index in [4.69, 9.17) is 0 Å². The summed E-state index contributed by atoms with van der Waals surface area (Å²) < 4.78 is 0. The second kappa shape index (κ2) is 6.78. The maximum atomic E-state index is 4.53. The highest BCUT2D eigenvalue weighted by Gasteiger charge is 2.14. The molecule has 3 nitrogen and oxygen atoms in total. The highest BCUT2D eigenvalue weighted by atomic mass is 32.1. The molecule has 0 aliphatic rings. The smallest absolute Gasteiger partial charge is 0.0934 e. The number of aryl methyl sites for hydroxylation is 1. The third-order valence-corrected chi connectivity index (χ3v) is 4.39. The first-order valence-corrected chi connectivity index (χ1v) is 8.27. The van der Waals surface area contributed by atoms with Crippen LogP contribution in [0.3, 0.4) is 0 Å². The van der Waals surface area contributed by atoms with E-state index >= 15 is 0 Å². The monoisotopic (exact) mass is 297 g/mol. The summed E-state index contributed by atoms with van der Waals surface area (Å²) in [6.07, 6.45) is 5.67. The molecule has 0 aliphatic heterocycles. The van der Waals surface area contributed by atoms with Gasteiger partial charge in [-0.2, -0.15) is 11.3 Å². The first kappa shape index (κ1) is 14.2. The van der Waals surface area contributed by atoms with Gasteiger partial charge in [-0.1, -0.05) is 19.1 Å². The molecule has 3 aromatic rings. The Morgan fingerprint density at radius 2 is 2.10 bits per heavy atom. The highest BCUT2D eigenvalue weighted by Crippen LogP contribution is 2.25. The third-order valence-electron chi connectivity index (χ3n) is 3.66. The summed E-state index contributed by atoms with van der Waals surface area (Å²) in [4.78, 5) is 8.93. The van der Waals surface area contributed by atoms with E-state index in [9.17, 15) is 0 Å².